The Balaban J connectivity index is 4.54. The van der Waals surface area contributed by atoms with Crippen LogP contribution in [-0.4, -0.2) is 63.7 Å². The van der Waals surface area contributed by atoms with Gasteiger partial charge in [-0.05, 0) is 33.0 Å². The van der Waals surface area contributed by atoms with Gasteiger partial charge in [-0.2, -0.15) is 0 Å². The van der Waals surface area contributed by atoms with E-state index in [0.29, 0.717) is 32.0 Å². The zero-order chi connectivity index (χ0) is 13.5. The second-order valence-electron chi connectivity index (χ2n) is 5.01. The fraction of sp³-hybridized carbons (Fsp3) is 1.00. The van der Waals surface area contributed by atoms with Crippen LogP contribution in [0.2, 0.25) is 0 Å². The average Bonchev–Trinajstić information content (AvgIpc) is 2.20. The Morgan fingerprint density at radius 2 is 1.76 bits per heavy atom. The zero-order valence-electron chi connectivity index (χ0n) is 11.5. The highest BCUT2D eigenvalue weighted by molar-refractivity contribution is 7.89. The van der Waals surface area contributed by atoms with Gasteiger partial charge in [0, 0.05) is 19.6 Å². The molecule has 0 aromatic heterocycles. The summed E-state index contributed by atoms with van der Waals surface area (Å²) in [5.41, 5.74) is 5.37. The normalized spacial score (nSPS) is 12.9. The van der Waals surface area contributed by atoms with E-state index in [1.807, 2.05) is 32.8 Å². The van der Waals surface area contributed by atoms with Crippen molar-refractivity contribution in [2.24, 2.45) is 11.7 Å². The van der Waals surface area contributed by atoms with E-state index in [4.69, 9.17) is 5.73 Å². The summed E-state index contributed by atoms with van der Waals surface area (Å²) in [5.74, 6) is 0.494. The lowest BCUT2D eigenvalue weighted by molar-refractivity contribution is 0.312. The van der Waals surface area contributed by atoms with E-state index in [1.165, 1.54) is 0 Å². The molecule has 6 heteroatoms. The van der Waals surface area contributed by atoms with Gasteiger partial charge in [-0.15, -0.1) is 0 Å². The van der Waals surface area contributed by atoms with Crippen molar-refractivity contribution in [3.8, 4) is 0 Å². The summed E-state index contributed by atoms with van der Waals surface area (Å²) in [6.45, 7) is 6.36. The quantitative estimate of drug-likeness (QED) is 0.646. The standard InChI is InChI=1S/C11H27N3O2S/c1-11(2)10-14(8-7-13(3)4)17(15,16)9-5-6-12/h11H,5-10,12H2,1-4H3. The Kier molecular flexibility index (Phi) is 7.94. The summed E-state index contributed by atoms with van der Waals surface area (Å²) >= 11 is 0. The molecular formula is C11H27N3O2S. The largest absolute Gasteiger partial charge is 0.330 e. The van der Waals surface area contributed by atoms with Gasteiger partial charge in [0.1, 0.15) is 0 Å². The van der Waals surface area contributed by atoms with Crippen LogP contribution in [0.4, 0.5) is 0 Å². The van der Waals surface area contributed by atoms with Crippen LogP contribution in [0.1, 0.15) is 20.3 Å². The molecule has 0 aromatic rings. The van der Waals surface area contributed by atoms with Crippen LogP contribution in [0, 0.1) is 5.92 Å². The molecule has 5 nitrogen and oxygen atoms in total. The van der Waals surface area contributed by atoms with Gasteiger partial charge in [-0.1, -0.05) is 13.8 Å². The molecule has 0 aliphatic heterocycles. The molecule has 0 amide bonds. The van der Waals surface area contributed by atoms with Crippen LogP contribution < -0.4 is 5.73 Å². The predicted octanol–water partition coefficient (Wildman–Crippen LogP) is 0.185. The fourth-order valence-electron chi connectivity index (χ4n) is 1.46. The second kappa shape index (κ2) is 8.02. The minimum Gasteiger partial charge on any atom is -0.330 e. The second-order valence-corrected chi connectivity index (χ2v) is 7.10. The summed E-state index contributed by atoms with van der Waals surface area (Å²) in [7, 11) is 0.740. The van der Waals surface area contributed by atoms with Crippen molar-refractivity contribution in [3.05, 3.63) is 0 Å². The minimum absolute atomic E-state index is 0.156. The van der Waals surface area contributed by atoms with Gasteiger partial charge in [-0.3, -0.25) is 0 Å². The van der Waals surface area contributed by atoms with Crippen molar-refractivity contribution in [3.63, 3.8) is 0 Å². The maximum absolute atomic E-state index is 12.1. The average molecular weight is 265 g/mol. The Bertz CT molecular complexity index is 289. The number of nitrogens with zero attached hydrogens (tertiary/aromatic N) is 2. The van der Waals surface area contributed by atoms with Crippen molar-refractivity contribution in [2.45, 2.75) is 20.3 Å². The van der Waals surface area contributed by atoms with Crippen molar-refractivity contribution in [1.29, 1.82) is 0 Å². The number of nitrogens with two attached hydrogens (primary N) is 1. The van der Waals surface area contributed by atoms with E-state index in [9.17, 15) is 8.42 Å². The molecular weight excluding hydrogens is 238 g/mol. The molecule has 0 aliphatic carbocycles. The molecule has 0 rings (SSSR count). The van der Waals surface area contributed by atoms with Crippen molar-refractivity contribution in [2.75, 3.05) is 46.0 Å². The molecule has 0 aliphatic rings. The molecule has 0 spiro atoms. The SMILES string of the molecule is CC(C)CN(CCN(C)C)S(=O)(=O)CCCN. The Morgan fingerprint density at radius 1 is 1.18 bits per heavy atom. The van der Waals surface area contributed by atoms with Crippen molar-refractivity contribution >= 4 is 10.0 Å². The van der Waals surface area contributed by atoms with E-state index in [0.717, 1.165) is 6.54 Å². The lowest BCUT2D eigenvalue weighted by atomic mass is 10.2. The predicted molar refractivity (Wildman–Crippen MR) is 72.4 cm³/mol. The molecule has 0 unspecified atom stereocenters. The van der Waals surface area contributed by atoms with Gasteiger partial charge in [-0.25, -0.2) is 12.7 Å². The lowest BCUT2D eigenvalue weighted by Crippen LogP contribution is -2.40. The van der Waals surface area contributed by atoms with Crippen LogP contribution in [-0.2, 0) is 10.0 Å². The summed E-state index contributed by atoms with van der Waals surface area (Å²) in [6, 6.07) is 0. The van der Waals surface area contributed by atoms with Gasteiger partial charge < -0.3 is 10.6 Å². The molecule has 0 bridgehead atoms. The summed E-state index contributed by atoms with van der Waals surface area (Å²) in [4.78, 5) is 1.99. The number of likely N-dealkylation sites (N-methyl/N-ethyl adjacent to an activating group) is 1. The maximum Gasteiger partial charge on any atom is 0.214 e. The van der Waals surface area contributed by atoms with Gasteiger partial charge >= 0.3 is 0 Å². The van der Waals surface area contributed by atoms with Gasteiger partial charge in [0.05, 0.1) is 5.75 Å². The minimum atomic E-state index is -3.15. The molecule has 0 atom stereocenters. The summed E-state index contributed by atoms with van der Waals surface area (Å²) in [5, 5.41) is 0. The van der Waals surface area contributed by atoms with Crippen LogP contribution in [0.3, 0.4) is 0 Å². The molecule has 2 N–H and O–H groups in total. The lowest BCUT2D eigenvalue weighted by Gasteiger charge is -2.25. The first-order chi connectivity index (χ1) is 7.79. The number of rotatable bonds is 9. The molecule has 0 radical (unpaired) electrons. The molecule has 17 heavy (non-hydrogen) atoms. The zero-order valence-corrected chi connectivity index (χ0v) is 12.3. The first-order valence-corrected chi connectivity index (χ1v) is 7.73. The van der Waals surface area contributed by atoms with E-state index in [2.05, 4.69) is 0 Å². The van der Waals surface area contributed by atoms with Crippen LogP contribution in [0.15, 0.2) is 0 Å². The highest BCUT2D eigenvalue weighted by atomic mass is 32.2. The highest BCUT2D eigenvalue weighted by Crippen LogP contribution is 2.07. The maximum atomic E-state index is 12.1. The van der Waals surface area contributed by atoms with E-state index < -0.39 is 10.0 Å². The van der Waals surface area contributed by atoms with Crippen molar-refractivity contribution < 1.29 is 8.42 Å². The third kappa shape index (κ3) is 7.70. The number of hydrogen-bond acceptors (Lipinski definition) is 4. The Labute approximate surface area is 106 Å². The van der Waals surface area contributed by atoms with Crippen LogP contribution in [0.5, 0.6) is 0 Å². The van der Waals surface area contributed by atoms with Crippen LogP contribution >= 0.6 is 0 Å². The van der Waals surface area contributed by atoms with Gasteiger partial charge in [0.15, 0.2) is 0 Å². The molecule has 0 heterocycles. The fourth-order valence-corrected chi connectivity index (χ4v) is 3.13. The van der Waals surface area contributed by atoms with E-state index in [1.54, 1.807) is 4.31 Å². The molecule has 0 saturated carbocycles. The first-order valence-electron chi connectivity index (χ1n) is 6.12. The Morgan fingerprint density at radius 3 is 2.18 bits per heavy atom. The Hall–Kier alpha value is -0.170. The first kappa shape index (κ1) is 16.8. The molecule has 0 fully saturated rings. The van der Waals surface area contributed by atoms with E-state index in [-0.39, 0.29) is 5.75 Å². The van der Waals surface area contributed by atoms with Gasteiger partial charge in [0.2, 0.25) is 10.0 Å². The highest BCUT2D eigenvalue weighted by Gasteiger charge is 2.21. The summed E-state index contributed by atoms with van der Waals surface area (Å²) < 4.78 is 25.8. The number of sulfonamides is 1. The van der Waals surface area contributed by atoms with Crippen molar-refractivity contribution in [1.82, 2.24) is 9.21 Å². The van der Waals surface area contributed by atoms with E-state index >= 15 is 0 Å². The molecule has 0 aromatic carbocycles. The summed E-state index contributed by atoms with van der Waals surface area (Å²) in [6.07, 6.45) is 0.527. The smallest absolute Gasteiger partial charge is 0.214 e. The third-order valence-electron chi connectivity index (χ3n) is 2.37. The van der Waals surface area contributed by atoms with Crippen LogP contribution in [0.25, 0.3) is 0 Å². The number of hydrogen-bond donors (Lipinski definition) is 1. The molecule has 0 saturated heterocycles. The monoisotopic (exact) mass is 265 g/mol. The topological polar surface area (TPSA) is 66.6 Å². The molecule has 104 valence electrons. The third-order valence-corrected chi connectivity index (χ3v) is 4.29. The van der Waals surface area contributed by atoms with Gasteiger partial charge in [0.25, 0.3) is 0 Å².